The number of carboxylic acids is 1. The van der Waals surface area contributed by atoms with E-state index < -0.39 is 17.9 Å². The second-order valence-corrected chi connectivity index (χ2v) is 7.42. The highest BCUT2D eigenvalue weighted by Crippen LogP contribution is 2.29. The van der Waals surface area contributed by atoms with E-state index in [1.807, 2.05) is 95.9 Å². The lowest BCUT2D eigenvalue weighted by Crippen LogP contribution is -2.59. The molecule has 0 aromatic heterocycles. The Bertz CT molecular complexity index is 953. The molecule has 1 aliphatic heterocycles. The van der Waals surface area contributed by atoms with Crippen molar-refractivity contribution >= 4 is 17.6 Å². The van der Waals surface area contributed by atoms with Crippen LogP contribution in [0.15, 0.2) is 91.0 Å². The van der Waals surface area contributed by atoms with Crippen LogP contribution in [0.5, 0.6) is 0 Å². The minimum Gasteiger partial charge on any atom is -0.480 e. The third-order valence-corrected chi connectivity index (χ3v) is 5.58. The smallest absolute Gasteiger partial charge is 0.328 e. The largest absolute Gasteiger partial charge is 0.480 e. The predicted octanol–water partition coefficient (Wildman–Crippen LogP) is 3.62. The lowest BCUT2D eigenvalue weighted by atomic mass is 9.89. The van der Waals surface area contributed by atoms with Crippen LogP contribution < -0.4 is 4.90 Å². The second kappa shape index (κ2) is 8.82. The number of rotatable bonds is 5. The first-order valence-electron chi connectivity index (χ1n) is 10.1. The summed E-state index contributed by atoms with van der Waals surface area (Å²) < 4.78 is 0. The van der Waals surface area contributed by atoms with Crippen LogP contribution in [-0.4, -0.2) is 47.6 Å². The van der Waals surface area contributed by atoms with Crippen molar-refractivity contribution in [2.45, 2.75) is 12.0 Å². The van der Waals surface area contributed by atoms with Gasteiger partial charge in [0, 0.05) is 25.3 Å². The van der Waals surface area contributed by atoms with Crippen molar-refractivity contribution in [3.05, 3.63) is 102 Å². The van der Waals surface area contributed by atoms with Crippen molar-refractivity contribution < 1.29 is 14.7 Å². The number of hydrogen-bond acceptors (Lipinski definition) is 3. The maximum absolute atomic E-state index is 13.7. The van der Waals surface area contributed by atoms with Gasteiger partial charge in [-0.25, -0.2) is 4.79 Å². The monoisotopic (exact) mass is 400 g/mol. The van der Waals surface area contributed by atoms with E-state index in [0.717, 1.165) is 16.8 Å². The van der Waals surface area contributed by atoms with Crippen LogP contribution in [0.1, 0.15) is 17.0 Å². The summed E-state index contributed by atoms with van der Waals surface area (Å²) >= 11 is 0. The quantitative estimate of drug-likeness (QED) is 0.711. The average Bonchev–Trinajstić information content (AvgIpc) is 2.81. The molecule has 0 spiro atoms. The van der Waals surface area contributed by atoms with Crippen LogP contribution in [0, 0.1) is 0 Å². The molecule has 1 fully saturated rings. The van der Waals surface area contributed by atoms with Gasteiger partial charge in [-0.15, -0.1) is 0 Å². The van der Waals surface area contributed by atoms with Gasteiger partial charge in [-0.3, -0.25) is 4.79 Å². The van der Waals surface area contributed by atoms with Gasteiger partial charge < -0.3 is 14.9 Å². The highest BCUT2D eigenvalue weighted by molar-refractivity contribution is 5.91. The molecular weight excluding hydrogens is 376 g/mol. The summed E-state index contributed by atoms with van der Waals surface area (Å²) in [6.07, 6.45) is 0. The lowest BCUT2D eigenvalue weighted by molar-refractivity contribution is -0.151. The highest BCUT2D eigenvalue weighted by Gasteiger charge is 2.39. The van der Waals surface area contributed by atoms with Crippen LogP contribution in [0.3, 0.4) is 0 Å². The molecule has 0 radical (unpaired) electrons. The Morgan fingerprint density at radius 1 is 0.767 bits per heavy atom. The van der Waals surface area contributed by atoms with E-state index in [2.05, 4.69) is 0 Å². The van der Waals surface area contributed by atoms with Crippen molar-refractivity contribution in [2.24, 2.45) is 0 Å². The molecule has 152 valence electrons. The Hall–Kier alpha value is -3.60. The zero-order chi connectivity index (χ0) is 20.9. The SMILES string of the molecule is O=C(O)C1CN(c2ccccc2)CCN1C(=O)C(c1ccccc1)c1ccccc1. The summed E-state index contributed by atoms with van der Waals surface area (Å²) in [4.78, 5) is 29.4. The maximum atomic E-state index is 13.7. The number of amides is 1. The number of aliphatic carboxylic acids is 1. The van der Waals surface area contributed by atoms with E-state index in [1.54, 1.807) is 0 Å². The summed E-state index contributed by atoms with van der Waals surface area (Å²) in [7, 11) is 0. The molecule has 1 aliphatic rings. The average molecular weight is 400 g/mol. The van der Waals surface area contributed by atoms with Crippen molar-refractivity contribution in [3.63, 3.8) is 0 Å². The molecule has 1 amide bonds. The standard InChI is InChI=1S/C25H24N2O3/c28-24(23(19-10-4-1-5-11-19)20-12-6-2-7-13-20)27-17-16-26(18-22(27)25(29)30)21-14-8-3-9-15-21/h1-15,22-23H,16-18H2,(H,29,30). The Kier molecular flexibility index (Phi) is 5.80. The molecule has 5 heteroatoms. The molecule has 4 rings (SSSR count). The van der Waals surface area contributed by atoms with E-state index in [1.165, 1.54) is 4.90 Å². The molecule has 1 saturated heterocycles. The molecule has 5 nitrogen and oxygen atoms in total. The predicted molar refractivity (Wildman–Crippen MR) is 117 cm³/mol. The molecule has 1 N–H and O–H groups in total. The van der Waals surface area contributed by atoms with Gasteiger partial charge in [0.05, 0.1) is 5.92 Å². The van der Waals surface area contributed by atoms with Crippen LogP contribution in [-0.2, 0) is 9.59 Å². The lowest BCUT2D eigenvalue weighted by Gasteiger charge is -2.41. The molecular formula is C25H24N2O3. The van der Waals surface area contributed by atoms with Gasteiger partial charge in [-0.2, -0.15) is 0 Å². The fraction of sp³-hybridized carbons (Fsp3) is 0.200. The maximum Gasteiger partial charge on any atom is 0.328 e. The Labute approximate surface area is 176 Å². The number of piperazine rings is 1. The number of anilines is 1. The van der Waals surface area contributed by atoms with Crippen LogP contribution >= 0.6 is 0 Å². The summed E-state index contributed by atoms with van der Waals surface area (Å²) in [5.41, 5.74) is 2.70. The summed E-state index contributed by atoms with van der Waals surface area (Å²) in [6.45, 7) is 1.22. The molecule has 1 heterocycles. The summed E-state index contributed by atoms with van der Waals surface area (Å²) in [6, 6.07) is 28.0. The fourth-order valence-corrected chi connectivity index (χ4v) is 4.07. The molecule has 1 unspecified atom stereocenters. The first kappa shape index (κ1) is 19.7. The normalized spacial score (nSPS) is 16.5. The number of hydrogen-bond donors (Lipinski definition) is 1. The summed E-state index contributed by atoms with van der Waals surface area (Å²) in [5.74, 6) is -1.69. The van der Waals surface area contributed by atoms with Crippen LogP contribution in [0.25, 0.3) is 0 Å². The van der Waals surface area contributed by atoms with Gasteiger partial charge in [0.25, 0.3) is 0 Å². The minimum atomic E-state index is -0.983. The van der Waals surface area contributed by atoms with Crippen molar-refractivity contribution in [3.8, 4) is 0 Å². The number of para-hydroxylation sites is 1. The molecule has 0 aliphatic carbocycles. The molecule has 0 bridgehead atoms. The number of benzene rings is 3. The van der Waals surface area contributed by atoms with E-state index in [9.17, 15) is 14.7 Å². The minimum absolute atomic E-state index is 0.174. The van der Waals surface area contributed by atoms with Crippen molar-refractivity contribution in [1.82, 2.24) is 4.90 Å². The first-order chi connectivity index (χ1) is 14.6. The Morgan fingerprint density at radius 3 is 1.77 bits per heavy atom. The van der Waals surface area contributed by atoms with Gasteiger partial charge in [0.15, 0.2) is 0 Å². The zero-order valence-corrected chi connectivity index (χ0v) is 16.6. The topological polar surface area (TPSA) is 60.9 Å². The van der Waals surface area contributed by atoms with Gasteiger partial charge in [0.2, 0.25) is 5.91 Å². The molecule has 3 aromatic carbocycles. The number of carbonyl (C=O) groups excluding carboxylic acids is 1. The molecule has 30 heavy (non-hydrogen) atoms. The number of carbonyl (C=O) groups is 2. The number of carboxylic acid groups (broad SMARTS) is 1. The molecule has 3 aromatic rings. The van der Waals surface area contributed by atoms with Gasteiger partial charge in [0.1, 0.15) is 6.04 Å². The van der Waals surface area contributed by atoms with Crippen molar-refractivity contribution in [1.29, 1.82) is 0 Å². The molecule has 0 saturated carbocycles. The third kappa shape index (κ3) is 4.06. The van der Waals surface area contributed by atoms with Crippen LogP contribution in [0.4, 0.5) is 5.69 Å². The third-order valence-electron chi connectivity index (χ3n) is 5.58. The van der Waals surface area contributed by atoms with Crippen LogP contribution in [0.2, 0.25) is 0 Å². The molecule has 1 atom stereocenters. The second-order valence-electron chi connectivity index (χ2n) is 7.42. The van der Waals surface area contributed by atoms with E-state index in [-0.39, 0.29) is 12.5 Å². The highest BCUT2D eigenvalue weighted by atomic mass is 16.4. The van der Waals surface area contributed by atoms with E-state index in [4.69, 9.17) is 0 Å². The first-order valence-corrected chi connectivity index (χ1v) is 10.1. The number of nitrogens with zero attached hydrogens (tertiary/aromatic N) is 2. The Balaban J connectivity index is 1.65. The van der Waals surface area contributed by atoms with Gasteiger partial charge in [-0.1, -0.05) is 78.9 Å². The summed E-state index contributed by atoms with van der Waals surface area (Å²) in [5, 5.41) is 9.92. The Morgan fingerprint density at radius 2 is 1.27 bits per heavy atom. The van der Waals surface area contributed by atoms with Crippen molar-refractivity contribution in [2.75, 3.05) is 24.5 Å². The van der Waals surface area contributed by atoms with E-state index >= 15 is 0 Å². The van der Waals surface area contributed by atoms with Gasteiger partial charge >= 0.3 is 5.97 Å². The van der Waals surface area contributed by atoms with Gasteiger partial charge in [-0.05, 0) is 23.3 Å². The fourth-order valence-electron chi connectivity index (χ4n) is 4.07. The zero-order valence-electron chi connectivity index (χ0n) is 16.6. The van der Waals surface area contributed by atoms with E-state index in [0.29, 0.717) is 13.1 Å².